The molecule has 1 aliphatic heterocycles. The second-order valence-electron chi connectivity index (χ2n) is 7.07. The number of hydrogen-bond acceptors (Lipinski definition) is 3. The van der Waals surface area contributed by atoms with Gasteiger partial charge in [-0.25, -0.2) is 17.8 Å². The smallest absolute Gasteiger partial charge is 0.243 e. The number of halogens is 1. The van der Waals surface area contributed by atoms with Gasteiger partial charge in [-0.3, -0.25) is 0 Å². The van der Waals surface area contributed by atoms with E-state index in [9.17, 15) is 12.8 Å². The van der Waals surface area contributed by atoms with Gasteiger partial charge in [-0.1, -0.05) is 36.4 Å². The molecule has 2 heterocycles. The average Bonchev–Trinajstić information content (AvgIpc) is 3.17. The van der Waals surface area contributed by atoms with Crippen LogP contribution in [0.15, 0.2) is 71.9 Å². The van der Waals surface area contributed by atoms with Gasteiger partial charge in [0.1, 0.15) is 11.6 Å². The van der Waals surface area contributed by atoms with E-state index in [1.165, 1.54) is 22.5 Å². The molecule has 4 rings (SSSR count). The van der Waals surface area contributed by atoms with Gasteiger partial charge in [-0.2, -0.15) is 4.31 Å². The minimum absolute atomic E-state index is 0.0203. The predicted molar refractivity (Wildman–Crippen MR) is 106 cm³/mol. The summed E-state index contributed by atoms with van der Waals surface area (Å²) in [6, 6.07) is 15.2. The summed E-state index contributed by atoms with van der Waals surface area (Å²) >= 11 is 0. The zero-order chi connectivity index (χ0) is 19.6. The molecular formula is C21H22FN3O2S. The van der Waals surface area contributed by atoms with Crippen molar-refractivity contribution in [3.05, 3.63) is 72.8 Å². The predicted octanol–water partition coefficient (Wildman–Crippen LogP) is 3.79. The molecular weight excluding hydrogens is 377 g/mol. The zero-order valence-corrected chi connectivity index (χ0v) is 16.2. The van der Waals surface area contributed by atoms with E-state index < -0.39 is 15.8 Å². The lowest BCUT2D eigenvalue weighted by Gasteiger charge is -2.31. The molecule has 146 valence electrons. The van der Waals surface area contributed by atoms with Gasteiger partial charge < -0.3 is 4.57 Å². The Hall–Kier alpha value is -2.51. The Morgan fingerprint density at radius 3 is 2.50 bits per heavy atom. The fourth-order valence-electron chi connectivity index (χ4n) is 3.69. The van der Waals surface area contributed by atoms with Crippen molar-refractivity contribution < 1.29 is 12.8 Å². The molecule has 3 aromatic rings. The maximum atomic E-state index is 13.4. The quantitative estimate of drug-likeness (QED) is 0.656. The van der Waals surface area contributed by atoms with Crippen molar-refractivity contribution in [2.45, 2.75) is 24.3 Å². The molecule has 0 spiro atoms. The summed E-state index contributed by atoms with van der Waals surface area (Å²) in [7, 11) is -3.65. The summed E-state index contributed by atoms with van der Waals surface area (Å²) in [5.41, 5.74) is 1.07. The first-order chi connectivity index (χ1) is 13.5. The topological polar surface area (TPSA) is 55.2 Å². The first-order valence-electron chi connectivity index (χ1n) is 9.36. The van der Waals surface area contributed by atoms with Gasteiger partial charge in [-0.15, -0.1) is 0 Å². The van der Waals surface area contributed by atoms with Gasteiger partial charge in [0.25, 0.3) is 0 Å². The second kappa shape index (κ2) is 7.85. The van der Waals surface area contributed by atoms with Crippen molar-refractivity contribution in [1.29, 1.82) is 0 Å². The van der Waals surface area contributed by atoms with Crippen molar-refractivity contribution in [1.82, 2.24) is 13.9 Å². The number of imidazole rings is 1. The van der Waals surface area contributed by atoms with Crippen LogP contribution < -0.4 is 0 Å². The Kier molecular flexibility index (Phi) is 5.28. The number of rotatable bonds is 5. The molecule has 0 aliphatic carbocycles. The molecule has 1 aliphatic rings. The fraction of sp³-hybridized carbons (Fsp3) is 0.286. The first-order valence-corrected chi connectivity index (χ1v) is 10.8. The van der Waals surface area contributed by atoms with Crippen LogP contribution in [0, 0.1) is 11.7 Å². The van der Waals surface area contributed by atoms with Crippen molar-refractivity contribution in [3.63, 3.8) is 0 Å². The van der Waals surface area contributed by atoms with Crippen LogP contribution in [0.5, 0.6) is 0 Å². The number of sulfonamides is 1. The van der Waals surface area contributed by atoms with Gasteiger partial charge in [0.05, 0.1) is 4.90 Å². The summed E-state index contributed by atoms with van der Waals surface area (Å²) < 4.78 is 42.5. The third kappa shape index (κ3) is 3.86. The van der Waals surface area contributed by atoms with E-state index in [1.807, 2.05) is 36.5 Å². The summed E-state index contributed by atoms with van der Waals surface area (Å²) in [4.78, 5) is 4.50. The lowest BCUT2D eigenvalue weighted by Crippen LogP contribution is -2.39. The van der Waals surface area contributed by atoms with Crippen molar-refractivity contribution in [3.8, 4) is 11.4 Å². The van der Waals surface area contributed by atoms with E-state index in [-0.39, 0.29) is 4.90 Å². The monoisotopic (exact) mass is 399 g/mol. The Morgan fingerprint density at radius 2 is 1.79 bits per heavy atom. The number of aromatic nitrogens is 2. The second-order valence-corrected chi connectivity index (χ2v) is 9.01. The van der Waals surface area contributed by atoms with Crippen LogP contribution in [0.3, 0.4) is 0 Å². The molecule has 0 N–H and O–H groups in total. The highest BCUT2D eigenvalue weighted by molar-refractivity contribution is 7.89. The van der Waals surface area contributed by atoms with Crippen LogP contribution in [0.25, 0.3) is 11.4 Å². The molecule has 1 aromatic heterocycles. The minimum atomic E-state index is -3.65. The van der Waals surface area contributed by atoms with Gasteiger partial charge in [0.15, 0.2) is 0 Å². The van der Waals surface area contributed by atoms with Crippen LogP contribution in [-0.2, 0) is 16.6 Å². The standard InChI is InChI=1S/C21H22FN3O2S/c22-19-7-4-8-20(15-19)28(26,27)25-12-9-17(10-13-25)16-24-14-11-23-21(24)18-5-2-1-3-6-18/h1-8,11,14-15,17H,9-10,12-13,16H2. The summed E-state index contributed by atoms with van der Waals surface area (Å²) in [6.07, 6.45) is 5.30. The molecule has 1 saturated heterocycles. The highest BCUT2D eigenvalue weighted by Crippen LogP contribution is 2.26. The average molecular weight is 399 g/mol. The van der Waals surface area contributed by atoms with E-state index in [1.54, 1.807) is 6.20 Å². The molecule has 0 amide bonds. The van der Waals surface area contributed by atoms with E-state index in [0.717, 1.165) is 36.8 Å². The lowest BCUT2D eigenvalue weighted by atomic mass is 9.98. The van der Waals surface area contributed by atoms with Crippen molar-refractivity contribution >= 4 is 10.0 Å². The van der Waals surface area contributed by atoms with E-state index >= 15 is 0 Å². The molecule has 28 heavy (non-hydrogen) atoms. The Morgan fingerprint density at radius 1 is 1.04 bits per heavy atom. The largest absolute Gasteiger partial charge is 0.331 e. The van der Waals surface area contributed by atoms with Crippen molar-refractivity contribution in [2.24, 2.45) is 5.92 Å². The van der Waals surface area contributed by atoms with Crippen LogP contribution in [-0.4, -0.2) is 35.4 Å². The molecule has 0 atom stereocenters. The highest BCUT2D eigenvalue weighted by Gasteiger charge is 2.30. The number of hydrogen-bond donors (Lipinski definition) is 0. The molecule has 7 heteroatoms. The normalized spacial score (nSPS) is 16.3. The molecule has 0 saturated carbocycles. The van der Waals surface area contributed by atoms with Crippen LogP contribution >= 0.6 is 0 Å². The zero-order valence-electron chi connectivity index (χ0n) is 15.4. The van der Waals surface area contributed by atoms with Gasteiger partial charge in [0.2, 0.25) is 10.0 Å². The number of piperidine rings is 1. The molecule has 0 unspecified atom stereocenters. The summed E-state index contributed by atoms with van der Waals surface area (Å²) in [5.74, 6) is 0.760. The SMILES string of the molecule is O=S(=O)(c1cccc(F)c1)N1CCC(Cn2ccnc2-c2ccccc2)CC1. The maximum absolute atomic E-state index is 13.4. The summed E-state index contributed by atoms with van der Waals surface area (Å²) in [6.45, 7) is 1.69. The first kappa shape index (κ1) is 18.8. The van der Waals surface area contributed by atoms with E-state index in [4.69, 9.17) is 0 Å². The van der Waals surface area contributed by atoms with Gasteiger partial charge in [0, 0.05) is 37.6 Å². The van der Waals surface area contributed by atoms with Gasteiger partial charge >= 0.3 is 0 Å². The molecule has 0 bridgehead atoms. The number of nitrogens with zero attached hydrogens (tertiary/aromatic N) is 3. The van der Waals surface area contributed by atoms with E-state index in [2.05, 4.69) is 9.55 Å². The molecule has 5 nitrogen and oxygen atoms in total. The highest BCUT2D eigenvalue weighted by atomic mass is 32.2. The van der Waals surface area contributed by atoms with Crippen LogP contribution in [0.2, 0.25) is 0 Å². The third-order valence-corrected chi connectivity index (χ3v) is 7.10. The summed E-state index contributed by atoms with van der Waals surface area (Å²) in [5, 5.41) is 0. The molecule has 2 aromatic carbocycles. The Bertz CT molecular complexity index is 1040. The Labute approximate surface area is 164 Å². The minimum Gasteiger partial charge on any atom is -0.331 e. The third-order valence-electron chi connectivity index (χ3n) is 5.21. The fourth-order valence-corrected chi connectivity index (χ4v) is 5.19. The molecule has 0 radical (unpaired) electrons. The molecule has 1 fully saturated rings. The lowest BCUT2D eigenvalue weighted by molar-refractivity contribution is 0.253. The van der Waals surface area contributed by atoms with Crippen LogP contribution in [0.4, 0.5) is 4.39 Å². The Balaban J connectivity index is 1.42. The van der Waals surface area contributed by atoms with Crippen LogP contribution in [0.1, 0.15) is 12.8 Å². The van der Waals surface area contributed by atoms with Crippen molar-refractivity contribution in [2.75, 3.05) is 13.1 Å². The van der Waals surface area contributed by atoms with E-state index in [0.29, 0.717) is 19.0 Å². The van der Waals surface area contributed by atoms with Gasteiger partial charge in [-0.05, 0) is 37.0 Å². The number of benzene rings is 2. The maximum Gasteiger partial charge on any atom is 0.243 e.